The van der Waals surface area contributed by atoms with E-state index in [2.05, 4.69) is 4.98 Å². The second kappa shape index (κ2) is 2.33. The van der Waals surface area contributed by atoms with Crippen molar-refractivity contribution in [2.45, 2.75) is 26.2 Å². The first-order valence-corrected chi connectivity index (χ1v) is 3.74. The average molecular weight is 170 g/mol. The second-order valence-electron chi connectivity index (χ2n) is 3.86. The summed E-state index contributed by atoms with van der Waals surface area (Å²) in [5.41, 5.74) is 6.22. The molecule has 4 heteroatoms. The Kier molecular flexibility index (Phi) is 1.71. The molecule has 0 aliphatic heterocycles. The molecule has 0 bridgehead atoms. The van der Waals surface area contributed by atoms with Crippen molar-refractivity contribution in [1.29, 1.82) is 0 Å². The highest BCUT2D eigenvalue weighted by atomic mass is 16.3. The van der Waals surface area contributed by atoms with Crippen LogP contribution in [0.4, 0.5) is 5.69 Å². The number of aromatic hydroxyl groups is 2. The van der Waals surface area contributed by atoms with Gasteiger partial charge in [0.05, 0.1) is 11.4 Å². The Labute approximate surface area is 71.0 Å². The summed E-state index contributed by atoms with van der Waals surface area (Å²) >= 11 is 0. The molecule has 0 saturated heterocycles. The highest BCUT2D eigenvalue weighted by Gasteiger charge is 2.23. The van der Waals surface area contributed by atoms with Crippen molar-refractivity contribution >= 4 is 5.69 Å². The number of rotatable bonds is 0. The average Bonchev–Trinajstić information content (AvgIpc) is 2.15. The number of nitrogens with two attached hydrogens (primary N) is 1. The Morgan fingerprint density at radius 3 is 1.92 bits per heavy atom. The predicted molar refractivity (Wildman–Crippen MR) is 47.2 cm³/mol. The first-order chi connectivity index (χ1) is 5.34. The molecule has 1 heterocycles. The zero-order valence-electron chi connectivity index (χ0n) is 7.47. The van der Waals surface area contributed by atoms with Crippen LogP contribution >= 0.6 is 0 Å². The van der Waals surface area contributed by atoms with E-state index in [4.69, 9.17) is 10.8 Å². The third kappa shape index (κ3) is 1.20. The monoisotopic (exact) mass is 170 g/mol. The fourth-order valence-corrected chi connectivity index (χ4v) is 1.08. The number of aromatic nitrogens is 1. The molecule has 0 spiro atoms. The van der Waals surface area contributed by atoms with E-state index < -0.39 is 0 Å². The van der Waals surface area contributed by atoms with Crippen LogP contribution in [-0.4, -0.2) is 15.2 Å². The van der Waals surface area contributed by atoms with Gasteiger partial charge in [0.2, 0.25) is 11.6 Å². The summed E-state index contributed by atoms with van der Waals surface area (Å²) in [4.78, 5) is 2.63. The first kappa shape index (κ1) is 8.77. The lowest BCUT2D eigenvalue weighted by Crippen LogP contribution is -2.13. The van der Waals surface area contributed by atoms with Crippen LogP contribution in [0.1, 0.15) is 26.5 Å². The topological polar surface area (TPSA) is 82.3 Å². The summed E-state index contributed by atoms with van der Waals surface area (Å²) in [6, 6.07) is 0. The summed E-state index contributed by atoms with van der Waals surface area (Å²) in [5, 5.41) is 18.3. The normalized spacial score (nSPS) is 11.9. The minimum atomic E-state index is -0.266. The SMILES string of the molecule is CC(C)(C)c1[nH]c(O)c(O)c1N. The molecule has 0 fully saturated rings. The van der Waals surface area contributed by atoms with Gasteiger partial charge < -0.3 is 20.9 Å². The molecule has 0 radical (unpaired) electrons. The van der Waals surface area contributed by atoms with E-state index in [0.29, 0.717) is 5.69 Å². The maximum atomic E-state index is 9.18. The minimum Gasteiger partial charge on any atom is -0.502 e. The Morgan fingerprint density at radius 1 is 1.25 bits per heavy atom. The smallest absolute Gasteiger partial charge is 0.234 e. The quantitative estimate of drug-likeness (QED) is 0.473. The maximum Gasteiger partial charge on any atom is 0.234 e. The Bertz CT molecular complexity index is 297. The zero-order valence-corrected chi connectivity index (χ0v) is 7.47. The fraction of sp³-hybridized carbons (Fsp3) is 0.500. The lowest BCUT2D eigenvalue weighted by Gasteiger charge is -2.16. The van der Waals surface area contributed by atoms with Gasteiger partial charge >= 0.3 is 0 Å². The van der Waals surface area contributed by atoms with E-state index in [1.54, 1.807) is 0 Å². The highest BCUT2D eigenvalue weighted by Crippen LogP contribution is 2.39. The van der Waals surface area contributed by atoms with Crippen LogP contribution in [0.5, 0.6) is 11.6 Å². The van der Waals surface area contributed by atoms with E-state index >= 15 is 0 Å². The van der Waals surface area contributed by atoms with Crippen LogP contribution < -0.4 is 5.73 Å². The number of H-pyrrole nitrogens is 1. The van der Waals surface area contributed by atoms with Crippen molar-refractivity contribution in [3.05, 3.63) is 5.69 Å². The number of hydrogen-bond donors (Lipinski definition) is 4. The molecule has 1 aromatic heterocycles. The highest BCUT2D eigenvalue weighted by molar-refractivity contribution is 5.63. The van der Waals surface area contributed by atoms with Crippen LogP contribution in [0.2, 0.25) is 0 Å². The molecule has 0 saturated carbocycles. The van der Waals surface area contributed by atoms with Gasteiger partial charge in [-0.2, -0.15) is 0 Å². The summed E-state index contributed by atoms with van der Waals surface area (Å²) < 4.78 is 0. The van der Waals surface area contributed by atoms with Crippen molar-refractivity contribution < 1.29 is 10.2 Å². The van der Waals surface area contributed by atoms with Crippen molar-refractivity contribution in [1.82, 2.24) is 4.98 Å². The lowest BCUT2D eigenvalue weighted by atomic mass is 9.91. The van der Waals surface area contributed by atoms with Crippen LogP contribution in [0.15, 0.2) is 0 Å². The molecule has 0 aliphatic carbocycles. The Hall–Kier alpha value is -1.32. The third-order valence-electron chi connectivity index (χ3n) is 1.74. The van der Waals surface area contributed by atoms with E-state index in [1.807, 2.05) is 20.8 Å². The fourth-order valence-electron chi connectivity index (χ4n) is 1.08. The molecule has 4 nitrogen and oxygen atoms in total. The predicted octanol–water partition coefficient (Wildman–Crippen LogP) is 1.31. The van der Waals surface area contributed by atoms with Gasteiger partial charge in [0, 0.05) is 5.41 Å². The van der Waals surface area contributed by atoms with E-state index in [1.165, 1.54) is 0 Å². The van der Waals surface area contributed by atoms with Gasteiger partial charge in [-0.15, -0.1) is 0 Å². The molecule has 12 heavy (non-hydrogen) atoms. The lowest BCUT2D eigenvalue weighted by molar-refractivity contribution is 0.395. The molecular formula is C8H14N2O2. The molecule has 0 unspecified atom stereocenters. The molecule has 5 N–H and O–H groups in total. The largest absolute Gasteiger partial charge is 0.502 e. The van der Waals surface area contributed by atoms with Crippen LogP contribution in [0.3, 0.4) is 0 Å². The molecule has 0 amide bonds. The number of nitrogen functional groups attached to an aromatic ring is 1. The third-order valence-corrected chi connectivity index (χ3v) is 1.74. The van der Waals surface area contributed by atoms with Gasteiger partial charge in [0.15, 0.2) is 0 Å². The maximum absolute atomic E-state index is 9.18. The van der Waals surface area contributed by atoms with E-state index in [0.717, 1.165) is 0 Å². The van der Waals surface area contributed by atoms with E-state index in [9.17, 15) is 5.11 Å². The van der Waals surface area contributed by atoms with Crippen LogP contribution in [-0.2, 0) is 5.41 Å². The van der Waals surface area contributed by atoms with Crippen molar-refractivity contribution in [2.75, 3.05) is 5.73 Å². The summed E-state index contributed by atoms with van der Waals surface area (Å²) in [7, 11) is 0. The summed E-state index contributed by atoms with van der Waals surface area (Å²) in [5.74, 6) is -0.530. The second-order valence-corrected chi connectivity index (χ2v) is 3.86. The summed E-state index contributed by atoms with van der Waals surface area (Å²) in [6.07, 6.45) is 0. The molecule has 1 rings (SSSR count). The standard InChI is InChI=1S/C8H14N2O2/c1-8(2,3)6-4(9)5(11)7(12)10-6/h10-12H,9H2,1-3H3. The molecule has 0 aliphatic rings. The minimum absolute atomic E-state index is 0.206. The van der Waals surface area contributed by atoms with Gasteiger partial charge in [-0.25, -0.2) is 0 Å². The van der Waals surface area contributed by atoms with Gasteiger partial charge in [0.1, 0.15) is 0 Å². The zero-order chi connectivity index (χ0) is 9.52. The van der Waals surface area contributed by atoms with E-state index in [-0.39, 0.29) is 22.7 Å². The molecular weight excluding hydrogens is 156 g/mol. The molecule has 0 aromatic carbocycles. The van der Waals surface area contributed by atoms with Gasteiger partial charge in [-0.1, -0.05) is 20.8 Å². The van der Waals surface area contributed by atoms with Gasteiger partial charge in [-0.05, 0) is 0 Å². The Morgan fingerprint density at radius 2 is 1.75 bits per heavy atom. The van der Waals surface area contributed by atoms with Crippen molar-refractivity contribution in [3.8, 4) is 11.6 Å². The van der Waals surface area contributed by atoms with Crippen molar-refractivity contribution in [3.63, 3.8) is 0 Å². The number of nitrogens with one attached hydrogen (secondary N) is 1. The Balaban J connectivity index is 3.28. The number of aromatic amines is 1. The van der Waals surface area contributed by atoms with Crippen LogP contribution in [0, 0.1) is 0 Å². The van der Waals surface area contributed by atoms with Gasteiger partial charge in [-0.3, -0.25) is 0 Å². The van der Waals surface area contributed by atoms with Crippen LogP contribution in [0.25, 0.3) is 0 Å². The molecule has 0 atom stereocenters. The first-order valence-electron chi connectivity index (χ1n) is 3.74. The van der Waals surface area contributed by atoms with Gasteiger partial charge in [0.25, 0.3) is 0 Å². The molecule has 68 valence electrons. The number of hydrogen-bond acceptors (Lipinski definition) is 3. The molecule has 1 aromatic rings. The van der Waals surface area contributed by atoms with Crippen molar-refractivity contribution in [2.24, 2.45) is 0 Å². The number of anilines is 1. The summed E-state index contributed by atoms with van der Waals surface area (Å²) in [6.45, 7) is 5.82.